The first-order valence-corrected chi connectivity index (χ1v) is 11.9. The van der Waals surface area contributed by atoms with Crippen molar-refractivity contribution in [1.82, 2.24) is 15.3 Å². The molecule has 34 heavy (non-hydrogen) atoms. The summed E-state index contributed by atoms with van der Waals surface area (Å²) in [5.41, 5.74) is 1.99. The summed E-state index contributed by atoms with van der Waals surface area (Å²) in [6.07, 6.45) is -0.847. The Balaban J connectivity index is 0.000000344. The molecule has 1 amide bonds. The van der Waals surface area contributed by atoms with Crippen LogP contribution in [0.25, 0.3) is 10.3 Å². The van der Waals surface area contributed by atoms with Crippen LogP contribution in [0.5, 0.6) is 0 Å². The molecule has 0 spiro atoms. The third kappa shape index (κ3) is 5.31. The first kappa shape index (κ1) is 24.4. The van der Waals surface area contributed by atoms with Gasteiger partial charge in [0.1, 0.15) is 16.2 Å². The van der Waals surface area contributed by atoms with Gasteiger partial charge in [0, 0.05) is 35.0 Å². The topological polar surface area (TPSA) is 107 Å². The Morgan fingerprint density at radius 2 is 2.00 bits per heavy atom. The summed E-state index contributed by atoms with van der Waals surface area (Å²) < 4.78 is 32.6. The third-order valence-electron chi connectivity index (χ3n) is 5.52. The number of carbonyl (C=O) groups excluding carboxylic acids is 1. The van der Waals surface area contributed by atoms with E-state index in [1.165, 1.54) is 24.2 Å². The number of hydrogen-bond donors (Lipinski definition) is 3. The number of fused-ring (bicyclic) bond motifs is 4. The van der Waals surface area contributed by atoms with Gasteiger partial charge in [-0.2, -0.15) is 13.2 Å². The molecule has 2 bridgehead atoms. The fraction of sp³-hybridized carbons (Fsp3) is 0.333. The highest BCUT2D eigenvalue weighted by Gasteiger charge is 2.38. The lowest BCUT2D eigenvalue weighted by molar-refractivity contribution is -0.192. The predicted molar refractivity (Wildman–Crippen MR) is 125 cm³/mol. The number of amides is 1. The lowest BCUT2D eigenvalue weighted by Crippen LogP contribution is -2.61. The molecule has 5 heterocycles. The molecule has 3 aliphatic heterocycles. The van der Waals surface area contributed by atoms with Gasteiger partial charge in [-0.3, -0.25) is 4.79 Å². The Morgan fingerprint density at radius 3 is 2.59 bits per heavy atom. The van der Waals surface area contributed by atoms with E-state index in [1.807, 2.05) is 35.8 Å². The second-order valence-electron chi connectivity index (χ2n) is 7.76. The average molecular weight is 558 g/mol. The molecule has 3 aliphatic rings. The first-order valence-electron chi connectivity index (χ1n) is 10.2. The molecule has 8 nitrogen and oxygen atoms in total. The Bertz CT molecular complexity index is 1210. The molecule has 0 radical (unpaired) electrons. The molecule has 3 aromatic rings. The standard InChI is InChI=1S/C19H18BrN5OS.C2HF3O2/c20-14-3-1-2-4-15(14)23-18(26)13-10-27-19-17(13)24-16(8-22-19)25-9-11-5-6-12(25)7-21-11;3-2(4,5)1(6)7/h1-4,8,10-12,21H,5-7,9H2,(H,23,26);(H,6,7)/t11-,12-;/m0./s1. The van der Waals surface area contributed by atoms with E-state index in [4.69, 9.17) is 14.9 Å². The fourth-order valence-corrected chi connectivity index (χ4v) is 5.05. The quantitative estimate of drug-likeness (QED) is 0.441. The van der Waals surface area contributed by atoms with Crippen LogP contribution in [-0.2, 0) is 4.79 Å². The maximum absolute atomic E-state index is 12.8. The highest BCUT2D eigenvalue weighted by Crippen LogP contribution is 2.31. The summed E-state index contributed by atoms with van der Waals surface area (Å²) in [5.74, 6) is -2.05. The largest absolute Gasteiger partial charge is 0.490 e. The zero-order chi connectivity index (χ0) is 24.5. The van der Waals surface area contributed by atoms with Crippen LogP contribution in [0.2, 0.25) is 0 Å². The number of hydrogen-bond acceptors (Lipinski definition) is 7. The summed E-state index contributed by atoms with van der Waals surface area (Å²) in [4.78, 5) is 34.3. The van der Waals surface area contributed by atoms with Gasteiger partial charge in [-0.15, -0.1) is 11.3 Å². The minimum absolute atomic E-state index is 0.165. The summed E-state index contributed by atoms with van der Waals surface area (Å²) in [6.45, 7) is 1.94. The number of alkyl halides is 3. The van der Waals surface area contributed by atoms with Crippen LogP contribution >= 0.6 is 27.3 Å². The number of aromatic nitrogens is 2. The van der Waals surface area contributed by atoms with Crippen molar-refractivity contribution in [3.8, 4) is 0 Å². The van der Waals surface area contributed by atoms with E-state index in [0.29, 0.717) is 23.2 Å². The maximum Gasteiger partial charge on any atom is 0.490 e. The van der Waals surface area contributed by atoms with Gasteiger partial charge in [0.15, 0.2) is 0 Å². The van der Waals surface area contributed by atoms with Gasteiger partial charge in [-0.1, -0.05) is 12.1 Å². The molecule has 3 saturated heterocycles. The second-order valence-corrected chi connectivity index (χ2v) is 9.47. The molecule has 180 valence electrons. The molecule has 0 aliphatic carbocycles. The minimum Gasteiger partial charge on any atom is -0.475 e. The number of carboxylic acid groups (broad SMARTS) is 1. The van der Waals surface area contributed by atoms with Gasteiger partial charge < -0.3 is 20.6 Å². The highest BCUT2D eigenvalue weighted by molar-refractivity contribution is 9.10. The molecule has 0 unspecified atom stereocenters. The van der Waals surface area contributed by atoms with Crippen molar-refractivity contribution >= 4 is 61.0 Å². The van der Waals surface area contributed by atoms with Crippen LogP contribution in [0.3, 0.4) is 0 Å². The number of piperazine rings is 1. The number of aliphatic carboxylic acids is 1. The fourth-order valence-electron chi connectivity index (χ4n) is 3.84. The lowest BCUT2D eigenvalue weighted by atomic mass is 9.93. The molecule has 1 aromatic carbocycles. The number of nitrogens with zero attached hydrogens (tertiary/aromatic N) is 3. The van der Waals surface area contributed by atoms with E-state index >= 15 is 0 Å². The van der Waals surface area contributed by atoms with Crippen molar-refractivity contribution in [1.29, 1.82) is 0 Å². The Hall–Kier alpha value is -2.77. The van der Waals surface area contributed by atoms with Crippen LogP contribution in [0, 0.1) is 0 Å². The smallest absolute Gasteiger partial charge is 0.475 e. The molecule has 6 rings (SSSR count). The van der Waals surface area contributed by atoms with Crippen LogP contribution in [0.15, 0.2) is 40.3 Å². The van der Waals surface area contributed by atoms with Gasteiger partial charge in [-0.25, -0.2) is 14.8 Å². The third-order valence-corrected chi connectivity index (χ3v) is 7.09. The molecule has 3 fully saturated rings. The lowest BCUT2D eigenvalue weighted by Gasteiger charge is -2.46. The summed E-state index contributed by atoms with van der Waals surface area (Å²) in [5, 5.41) is 15.5. The van der Waals surface area contributed by atoms with Gasteiger partial charge in [0.25, 0.3) is 5.91 Å². The van der Waals surface area contributed by atoms with Crippen LogP contribution < -0.4 is 15.5 Å². The van der Waals surface area contributed by atoms with E-state index in [0.717, 1.165) is 33.9 Å². The number of nitrogens with one attached hydrogen (secondary N) is 2. The number of piperidine rings is 2. The number of thiophene rings is 1. The Kier molecular flexibility index (Phi) is 7.05. The van der Waals surface area contributed by atoms with Crippen LogP contribution in [-0.4, -0.2) is 58.3 Å². The maximum atomic E-state index is 12.8. The van der Waals surface area contributed by atoms with Crippen molar-refractivity contribution in [2.75, 3.05) is 23.3 Å². The molecular weight excluding hydrogens is 539 g/mol. The number of rotatable bonds is 3. The van der Waals surface area contributed by atoms with Crippen LogP contribution in [0.4, 0.5) is 24.7 Å². The van der Waals surface area contributed by atoms with Gasteiger partial charge in [-0.05, 0) is 40.9 Å². The summed E-state index contributed by atoms with van der Waals surface area (Å²) in [6, 6.07) is 8.55. The van der Waals surface area contributed by atoms with Crippen LogP contribution in [0.1, 0.15) is 23.2 Å². The van der Waals surface area contributed by atoms with Crippen molar-refractivity contribution in [2.24, 2.45) is 0 Å². The van der Waals surface area contributed by atoms with Crippen molar-refractivity contribution in [2.45, 2.75) is 31.1 Å². The number of carboxylic acids is 1. The monoisotopic (exact) mass is 557 g/mol. The van der Waals surface area contributed by atoms with E-state index in [9.17, 15) is 18.0 Å². The molecule has 13 heteroatoms. The normalized spacial score (nSPS) is 19.5. The van der Waals surface area contributed by atoms with Gasteiger partial charge in [0.05, 0.1) is 17.4 Å². The average Bonchev–Trinajstić information content (AvgIpc) is 3.24. The molecule has 3 N–H and O–H groups in total. The molecular formula is C21H19BrF3N5O3S. The SMILES string of the molecule is O=C(Nc1ccccc1Br)c1csc2ncc(N3C[C@@H]4CC[C@H]3CN4)nc12.O=C(O)C(F)(F)F. The number of anilines is 2. The Morgan fingerprint density at radius 1 is 1.26 bits per heavy atom. The van der Waals surface area contributed by atoms with Crippen molar-refractivity contribution < 1.29 is 27.9 Å². The number of carbonyl (C=O) groups is 2. The number of benzene rings is 1. The van der Waals surface area contributed by atoms with Gasteiger partial charge in [0.2, 0.25) is 0 Å². The minimum atomic E-state index is -5.08. The van der Waals surface area contributed by atoms with Crippen molar-refractivity contribution in [3.05, 3.63) is 45.9 Å². The highest BCUT2D eigenvalue weighted by atomic mass is 79.9. The first-order chi connectivity index (χ1) is 16.1. The molecule has 2 atom stereocenters. The number of para-hydroxylation sites is 1. The number of halogens is 4. The Labute approximate surface area is 204 Å². The summed E-state index contributed by atoms with van der Waals surface area (Å²) >= 11 is 4.92. The van der Waals surface area contributed by atoms with E-state index < -0.39 is 12.1 Å². The van der Waals surface area contributed by atoms with E-state index in [-0.39, 0.29) is 5.91 Å². The molecule has 2 aromatic heterocycles. The van der Waals surface area contributed by atoms with Gasteiger partial charge >= 0.3 is 12.1 Å². The zero-order valence-corrected chi connectivity index (χ0v) is 19.9. The predicted octanol–water partition coefficient (Wildman–Crippen LogP) is 4.28. The molecule has 0 saturated carbocycles. The van der Waals surface area contributed by atoms with E-state index in [2.05, 4.69) is 36.4 Å². The second kappa shape index (κ2) is 9.84. The summed E-state index contributed by atoms with van der Waals surface area (Å²) in [7, 11) is 0. The zero-order valence-electron chi connectivity index (χ0n) is 17.5. The van der Waals surface area contributed by atoms with Crippen molar-refractivity contribution in [3.63, 3.8) is 0 Å². The van der Waals surface area contributed by atoms with E-state index in [1.54, 1.807) is 0 Å².